The minimum atomic E-state index is -0.147. The number of hydrogen-bond acceptors (Lipinski definition) is 7. The number of carbonyl (C=O) groups is 1. The van der Waals surface area contributed by atoms with Gasteiger partial charge in [-0.2, -0.15) is 0 Å². The van der Waals surface area contributed by atoms with Crippen molar-refractivity contribution < 1.29 is 14.5 Å². The Balaban J connectivity index is 1.38. The van der Waals surface area contributed by atoms with E-state index in [9.17, 15) is 9.90 Å². The first kappa shape index (κ1) is 17.4. The lowest BCUT2D eigenvalue weighted by atomic mass is 9.97. The van der Waals surface area contributed by atoms with E-state index in [1.54, 1.807) is 4.90 Å². The lowest BCUT2D eigenvalue weighted by Gasteiger charge is -2.32. The Kier molecular flexibility index (Phi) is 4.71. The largest absolute Gasteiger partial charge is 0.388 e. The number of aliphatic hydroxyl groups excluding tert-OH is 1. The molecule has 27 heavy (non-hydrogen) atoms. The first-order valence-electron chi connectivity index (χ1n) is 8.88. The lowest BCUT2D eigenvalue weighted by Crippen LogP contribution is -2.45. The van der Waals surface area contributed by atoms with E-state index in [4.69, 9.17) is 0 Å². The molecule has 0 aliphatic carbocycles. The zero-order valence-corrected chi connectivity index (χ0v) is 15.0. The third kappa shape index (κ3) is 3.47. The lowest BCUT2D eigenvalue weighted by molar-refractivity contribution is 0.177. The number of urea groups is 1. The third-order valence-corrected chi connectivity index (χ3v) is 4.98. The summed E-state index contributed by atoms with van der Waals surface area (Å²) in [7, 11) is 1.84. The van der Waals surface area contributed by atoms with Gasteiger partial charge in [-0.1, -0.05) is 6.07 Å². The van der Waals surface area contributed by atoms with Crippen molar-refractivity contribution in [3.63, 3.8) is 0 Å². The summed E-state index contributed by atoms with van der Waals surface area (Å²) in [4.78, 5) is 14.4. The fraction of sp³-hybridized carbons (Fsp3) is 0.471. The molecule has 3 aromatic rings. The van der Waals surface area contributed by atoms with Crippen LogP contribution in [0, 0.1) is 0 Å². The summed E-state index contributed by atoms with van der Waals surface area (Å²) in [6.07, 6.45) is 1.84. The highest BCUT2D eigenvalue weighted by atomic mass is 16.6. The molecule has 0 saturated carbocycles. The number of likely N-dealkylation sites (tertiary alicyclic amines) is 1. The highest BCUT2D eigenvalue weighted by Gasteiger charge is 2.28. The molecule has 1 aliphatic rings. The quantitative estimate of drug-likeness (QED) is 0.699. The number of carbonyl (C=O) groups excluding carboxylic acids is 1. The second-order valence-electron chi connectivity index (χ2n) is 6.72. The van der Waals surface area contributed by atoms with Crippen molar-refractivity contribution >= 4 is 17.1 Å². The second kappa shape index (κ2) is 7.31. The molecule has 1 atom stereocenters. The summed E-state index contributed by atoms with van der Waals surface area (Å²) < 4.78 is 6.50. The van der Waals surface area contributed by atoms with E-state index in [1.165, 1.54) is 0 Å². The van der Waals surface area contributed by atoms with Crippen LogP contribution in [-0.4, -0.2) is 54.2 Å². The molecule has 1 fully saturated rings. The highest BCUT2D eigenvalue weighted by molar-refractivity contribution is 5.76. The van der Waals surface area contributed by atoms with Crippen molar-refractivity contribution in [1.29, 1.82) is 0 Å². The number of rotatable bonds is 4. The maximum absolute atomic E-state index is 12.6. The van der Waals surface area contributed by atoms with Gasteiger partial charge in [0, 0.05) is 32.6 Å². The van der Waals surface area contributed by atoms with Gasteiger partial charge in [0.25, 0.3) is 0 Å². The number of nitrogens with zero attached hydrogens (tertiary/aromatic N) is 6. The molecule has 1 aliphatic heterocycles. The van der Waals surface area contributed by atoms with Gasteiger partial charge in [0.1, 0.15) is 23.5 Å². The number of hydrogen-bond donors (Lipinski definition) is 2. The van der Waals surface area contributed by atoms with Crippen LogP contribution in [0.3, 0.4) is 0 Å². The Morgan fingerprint density at radius 1 is 1.33 bits per heavy atom. The zero-order valence-electron chi connectivity index (χ0n) is 15.0. The first-order valence-corrected chi connectivity index (χ1v) is 8.88. The molecule has 0 bridgehead atoms. The maximum Gasteiger partial charge on any atom is 0.317 e. The Morgan fingerprint density at radius 3 is 3.00 bits per heavy atom. The van der Waals surface area contributed by atoms with Gasteiger partial charge in [-0.25, -0.2) is 9.42 Å². The van der Waals surface area contributed by atoms with Crippen LogP contribution >= 0.6 is 0 Å². The predicted molar refractivity (Wildman–Crippen MR) is 94.5 cm³/mol. The van der Waals surface area contributed by atoms with Crippen LogP contribution in [0.5, 0.6) is 0 Å². The summed E-state index contributed by atoms with van der Waals surface area (Å²) in [5.74, 6) is 1.45. The first-order chi connectivity index (χ1) is 13.2. The van der Waals surface area contributed by atoms with Crippen LogP contribution in [0.4, 0.5) is 4.79 Å². The number of aromatic nitrogens is 5. The third-order valence-electron chi connectivity index (χ3n) is 4.98. The minimum absolute atomic E-state index is 0.109. The summed E-state index contributed by atoms with van der Waals surface area (Å²) in [6, 6.07) is 5.45. The molecule has 10 heteroatoms. The molecule has 3 heterocycles. The van der Waals surface area contributed by atoms with E-state index < -0.39 is 0 Å². The van der Waals surface area contributed by atoms with Crippen LogP contribution in [-0.2, 0) is 20.2 Å². The van der Waals surface area contributed by atoms with Gasteiger partial charge in [0.2, 0.25) is 0 Å². The van der Waals surface area contributed by atoms with Crippen molar-refractivity contribution in [1.82, 2.24) is 35.3 Å². The number of piperidine rings is 1. The van der Waals surface area contributed by atoms with E-state index in [2.05, 4.69) is 30.5 Å². The van der Waals surface area contributed by atoms with Crippen molar-refractivity contribution in [2.45, 2.75) is 31.9 Å². The van der Waals surface area contributed by atoms with Gasteiger partial charge in [0.05, 0.1) is 0 Å². The molecule has 2 aromatic heterocycles. The molecule has 2 amide bonds. The second-order valence-corrected chi connectivity index (χ2v) is 6.72. The molecule has 0 spiro atoms. The number of nitrogens with one attached hydrogen (secondary N) is 1. The van der Waals surface area contributed by atoms with Crippen molar-refractivity contribution in [2.24, 2.45) is 7.05 Å². The van der Waals surface area contributed by atoms with Crippen LogP contribution in [0.25, 0.3) is 11.0 Å². The van der Waals surface area contributed by atoms with Crippen LogP contribution in [0.2, 0.25) is 0 Å². The van der Waals surface area contributed by atoms with Crippen molar-refractivity contribution in [3.05, 3.63) is 35.4 Å². The molecule has 10 nitrogen and oxygen atoms in total. The summed E-state index contributed by atoms with van der Waals surface area (Å²) in [5.41, 5.74) is 2.29. The van der Waals surface area contributed by atoms with E-state index in [-0.39, 0.29) is 18.6 Å². The molecular weight excluding hydrogens is 350 g/mol. The van der Waals surface area contributed by atoms with Crippen LogP contribution in [0.15, 0.2) is 22.8 Å². The molecule has 2 N–H and O–H groups in total. The number of aliphatic hydroxyl groups is 1. The van der Waals surface area contributed by atoms with Crippen molar-refractivity contribution in [2.75, 3.05) is 13.1 Å². The standard InChI is InChI=1S/C17H21N7O3/c1-23-15(10-25)19-20-16(23)12-3-2-6-24(9-12)17(26)18-8-11-4-5-13-14(7-11)22-27-21-13/h4-5,7,12,25H,2-3,6,8-10H2,1H3,(H,18,26)/t12-/m1/s1. The smallest absolute Gasteiger partial charge is 0.317 e. The van der Waals surface area contributed by atoms with Gasteiger partial charge < -0.3 is 19.9 Å². The molecule has 0 radical (unpaired) electrons. The highest BCUT2D eigenvalue weighted by Crippen LogP contribution is 2.25. The van der Waals surface area contributed by atoms with Gasteiger partial charge in [-0.3, -0.25) is 0 Å². The predicted octanol–water partition coefficient (Wildman–Crippen LogP) is 0.933. The fourth-order valence-corrected chi connectivity index (χ4v) is 3.47. The molecule has 4 rings (SSSR count). The van der Waals surface area contributed by atoms with E-state index in [1.807, 2.05) is 29.8 Å². The topological polar surface area (TPSA) is 122 Å². The fourth-order valence-electron chi connectivity index (χ4n) is 3.47. The molecule has 142 valence electrons. The average Bonchev–Trinajstić information content (AvgIpc) is 3.31. The summed E-state index contributed by atoms with van der Waals surface area (Å²) in [6.45, 7) is 1.54. The van der Waals surface area contributed by atoms with Crippen LogP contribution < -0.4 is 5.32 Å². The molecule has 0 unspecified atom stereocenters. The van der Waals surface area contributed by atoms with Gasteiger partial charge in [-0.15, -0.1) is 10.2 Å². The molecular formula is C17H21N7O3. The number of amides is 2. The van der Waals surface area contributed by atoms with Crippen molar-refractivity contribution in [3.8, 4) is 0 Å². The van der Waals surface area contributed by atoms with E-state index in [0.717, 1.165) is 24.2 Å². The Morgan fingerprint density at radius 2 is 2.19 bits per heavy atom. The maximum atomic E-state index is 12.6. The average molecular weight is 371 g/mol. The SMILES string of the molecule is Cn1c(CO)nnc1[C@@H]1CCCN(C(=O)NCc2ccc3nonc3c2)C1. The molecule has 1 saturated heterocycles. The Bertz CT molecular complexity index is 951. The number of fused-ring (bicyclic) bond motifs is 1. The summed E-state index contributed by atoms with van der Waals surface area (Å²) >= 11 is 0. The Hall–Kier alpha value is -3.01. The van der Waals surface area contributed by atoms with E-state index in [0.29, 0.717) is 36.5 Å². The summed E-state index contributed by atoms with van der Waals surface area (Å²) in [5, 5.41) is 28.0. The monoisotopic (exact) mass is 371 g/mol. The van der Waals surface area contributed by atoms with E-state index >= 15 is 0 Å². The van der Waals surface area contributed by atoms with Gasteiger partial charge in [-0.05, 0) is 40.9 Å². The Labute approximate surface area is 155 Å². The number of benzene rings is 1. The zero-order chi connectivity index (χ0) is 18.8. The van der Waals surface area contributed by atoms with Gasteiger partial charge >= 0.3 is 6.03 Å². The normalized spacial score (nSPS) is 17.4. The van der Waals surface area contributed by atoms with Gasteiger partial charge in [0.15, 0.2) is 5.82 Å². The minimum Gasteiger partial charge on any atom is -0.388 e. The molecule has 1 aromatic carbocycles. The van der Waals surface area contributed by atoms with Crippen LogP contribution in [0.1, 0.15) is 36.0 Å².